The second kappa shape index (κ2) is 5.99. The molecule has 0 radical (unpaired) electrons. The number of hydrogen-bond acceptors (Lipinski definition) is 2. The van der Waals surface area contributed by atoms with Crippen LogP contribution in [0.15, 0.2) is 24.8 Å². The maximum Gasteiger partial charge on any atom is 0.0302 e. The molecule has 0 spiro atoms. The van der Waals surface area contributed by atoms with E-state index in [1.807, 2.05) is 17.4 Å². The van der Waals surface area contributed by atoms with Crippen molar-refractivity contribution in [2.45, 2.75) is 39.3 Å². The molecule has 1 rings (SSSR count). The molecule has 14 heavy (non-hydrogen) atoms. The number of aryl methyl sites for hydroxylation is 1. The predicted molar refractivity (Wildman–Crippen MR) is 64.8 cm³/mol. The molecule has 0 amide bonds. The topological polar surface area (TPSA) is 12.0 Å². The molecule has 1 N–H and O–H groups in total. The fraction of sp³-hybridized carbons (Fsp3) is 0.500. The maximum absolute atomic E-state index is 3.73. The van der Waals surface area contributed by atoms with E-state index in [1.165, 1.54) is 16.2 Å². The highest BCUT2D eigenvalue weighted by atomic mass is 32.1. The molecule has 0 saturated heterocycles. The van der Waals surface area contributed by atoms with Crippen LogP contribution in [0.1, 0.15) is 29.5 Å². The highest BCUT2D eigenvalue weighted by Crippen LogP contribution is 2.14. The maximum atomic E-state index is 3.73. The molecule has 1 unspecified atom stereocenters. The summed E-state index contributed by atoms with van der Waals surface area (Å²) in [4.78, 5) is 2.81. The summed E-state index contributed by atoms with van der Waals surface area (Å²) < 4.78 is 0. The molecule has 1 atom stereocenters. The van der Waals surface area contributed by atoms with Crippen molar-refractivity contribution in [3.05, 3.63) is 34.5 Å². The molecule has 0 aromatic carbocycles. The first-order chi connectivity index (χ1) is 6.72. The molecule has 0 aliphatic carbocycles. The number of thiophene rings is 1. The van der Waals surface area contributed by atoms with Gasteiger partial charge in [-0.05, 0) is 38.8 Å². The van der Waals surface area contributed by atoms with Crippen molar-refractivity contribution in [3.63, 3.8) is 0 Å². The van der Waals surface area contributed by atoms with Gasteiger partial charge in [0.1, 0.15) is 0 Å². The summed E-state index contributed by atoms with van der Waals surface area (Å²) in [5, 5.41) is 3.51. The van der Waals surface area contributed by atoms with Crippen LogP contribution in [0.4, 0.5) is 0 Å². The van der Waals surface area contributed by atoms with Gasteiger partial charge in [-0.15, -0.1) is 17.9 Å². The van der Waals surface area contributed by atoms with Crippen LogP contribution in [-0.2, 0) is 6.54 Å². The second-order valence-electron chi connectivity index (χ2n) is 3.66. The number of hydrogen-bond donors (Lipinski definition) is 1. The van der Waals surface area contributed by atoms with E-state index in [0.29, 0.717) is 6.04 Å². The van der Waals surface area contributed by atoms with E-state index in [4.69, 9.17) is 0 Å². The van der Waals surface area contributed by atoms with Gasteiger partial charge in [-0.3, -0.25) is 0 Å². The standard InChI is InChI=1S/C12H19NS/c1-4-5-6-10(2)13-9-12-8-7-11(3)14-12/h4,7-8,10,13H,1,5-6,9H2,2-3H3. The minimum atomic E-state index is 0.579. The van der Waals surface area contributed by atoms with Crippen LogP contribution in [0.25, 0.3) is 0 Å². The van der Waals surface area contributed by atoms with Crippen LogP contribution in [0.5, 0.6) is 0 Å². The molecule has 0 bridgehead atoms. The summed E-state index contributed by atoms with van der Waals surface area (Å²) in [6, 6.07) is 4.96. The Hall–Kier alpha value is -0.600. The molecular weight excluding hydrogens is 190 g/mol. The van der Waals surface area contributed by atoms with E-state index in [-0.39, 0.29) is 0 Å². The lowest BCUT2D eigenvalue weighted by atomic mass is 10.2. The summed E-state index contributed by atoms with van der Waals surface area (Å²) in [5.41, 5.74) is 0. The predicted octanol–water partition coefficient (Wildman–Crippen LogP) is 3.50. The van der Waals surface area contributed by atoms with Crippen LogP contribution in [0, 0.1) is 6.92 Å². The third-order valence-corrected chi connectivity index (χ3v) is 3.23. The lowest BCUT2D eigenvalue weighted by Gasteiger charge is -2.11. The van der Waals surface area contributed by atoms with Gasteiger partial charge < -0.3 is 5.32 Å². The minimum absolute atomic E-state index is 0.579. The minimum Gasteiger partial charge on any atom is -0.309 e. The van der Waals surface area contributed by atoms with E-state index < -0.39 is 0 Å². The normalized spacial score (nSPS) is 12.7. The highest BCUT2D eigenvalue weighted by Gasteiger charge is 2.01. The number of rotatable bonds is 6. The van der Waals surface area contributed by atoms with Crippen molar-refractivity contribution < 1.29 is 0 Å². The van der Waals surface area contributed by atoms with Gasteiger partial charge in [0.25, 0.3) is 0 Å². The Morgan fingerprint density at radius 1 is 1.57 bits per heavy atom. The molecule has 1 aromatic rings. The number of allylic oxidation sites excluding steroid dienone is 1. The lowest BCUT2D eigenvalue weighted by Crippen LogP contribution is -2.24. The van der Waals surface area contributed by atoms with Gasteiger partial charge in [-0.25, -0.2) is 0 Å². The van der Waals surface area contributed by atoms with E-state index in [9.17, 15) is 0 Å². The monoisotopic (exact) mass is 209 g/mol. The van der Waals surface area contributed by atoms with Crippen molar-refractivity contribution in [1.29, 1.82) is 0 Å². The lowest BCUT2D eigenvalue weighted by molar-refractivity contribution is 0.521. The molecule has 0 aliphatic rings. The van der Waals surface area contributed by atoms with Gasteiger partial charge in [0.2, 0.25) is 0 Å². The van der Waals surface area contributed by atoms with Gasteiger partial charge in [-0.1, -0.05) is 6.08 Å². The van der Waals surface area contributed by atoms with E-state index in [2.05, 4.69) is 37.9 Å². The van der Waals surface area contributed by atoms with Crippen LogP contribution in [-0.4, -0.2) is 6.04 Å². The van der Waals surface area contributed by atoms with Crippen molar-refractivity contribution in [3.8, 4) is 0 Å². The van der Waals surface area contributed by atoms with Gasteiger partial charge in [0.05, 0.1) is 0 Å². The van der Waals surface area contributed by atoms with Crippen molar-refractivity contribution in [1.82, 2.24) is 5.32 Å². The first kappa shape index (κ1) is 11.5. The van der Waals surface area contributed by atoms with Crippen LogP contribution in [0.2, 0.25) is 0 Å². The summed E-state index contributed by atoms with van der Waals surface area (Å²) >= 11 is 1.87. The average molecular weight is 209 g/mol. The zero-order valence-electron chi connectivity index (χ0n) is 9.05. The third-order valence-electron chi connectivity index (χ3n) is 2.22. The van der Waals surface area contributed by atoms with Crippen LogP contribution in [0.3, 0.4) is 0 Å². The van der Waals surface area contributed by atoms with Crippen molar-refractivity contribution in [2.75, 3.05) is 0 Å². The molecule has 1 heterocycles. The van der Waals surface area contributed by atoms with E-state index >= 15 is 0 Å². The van der Waals surface area contributed by atoms with Gasteiger partial charge in [0, 0.05) is 22.3 Å². The molecule has 2 heteroatoms. The fourth-order valence-electron chi connectivity index (χ4n) is 1.32. The zero-order valence-corrected chi connectivity index (χ0v) is 9.86. The highest BCUT2D eigenvalue weighted by molar-refractivity contribution is 7.11. The van der Waals surface area contributed by atoms with Crippen LogP contribution < -0.4 is 5.32 Å². The number of nitrogens with one attached hydrogen (secondary N) is 1. The molecule has 0 saturated carbocycles. The Morgan fingerprint density at radius 2 is 2.36 bits per heavy atom. The molecule has 0 aliphatic heterocycles. The Kier molecular flexibility index (Phi) is 4.91. The largest absolute Gasteiger partial charge is 0.309 e. The van der Waals surface area contributed by atoms with Gasteiger partial charge in [-0.2, -0.15) is 0 Å². The summed E-state index contributed by atoms with van der Waals surface area (Å²) in [6.07, 6.45) is 4.25. The van der Waals surface area contributed by atoms with Crippen molar-refractivity contribution in [2.24, 2.45) is 0 Å². The Balaban J connectivity index is 2.23. The first-order valence-corrected chi connectivity index (χ1v) is 5.93. The summed E-state index contributed by atoms with van der Waals surface area (Å²) in [5.74, 6) is 0. The molecular formula is C12H19NS. The molecule has 78 valence electrons. The second-order valence-corrected chi connectivity index (χ2v) is 5.03. The Morgan fingerprint density at radius 3 is 2.93 bits per heavy atom. The molecule has 1 aromatic heterocycles. The Bertz CT molecular complexity index is 278. The van der Waals surface area contributed by atoms with Crippen molar-refractivity contribution >= 4 is 11.3 Å². The quantitative estimate of drug-likeness (QED) is 0.707. The molecule has 1 nitrogen and oxygen atoms in total. The fourth-order valence-corrected chi connectivity index (χ4v) is 2.17. The molecule has 0 fully saturated rings. The van der Waals surface area contributed by atoms with Crippen LogP contribution >= 0.6 is 11.3 Å². The van der Waals surface area contributed by atoms with E-state index in [1.54, 1.807) is 0 Å². The zero-order chi connectivity index (χ0) is 10.4. The van der Waals surface area contributed by atoms with Gasteiger partial charge in [0.15, 0.2) is 0 Å². The van der Waals surface area contributed by atoms with E-state index in [0.717, 1.165) is 13.0 Å². The first-order valence-electron chi connectivity index (χ1n) is 5.12. The third kappa shape index (κ3) is 4.07. The van der Waals surface area contributed by atoms with Gasteiger partial charge >= 0.3 is 0 Å². The average Bonchev–Trinajstić information content (AvgIpc) is 2.58. The summed E-state index contributed by atoms with van der Waals surface area (Å²) in [7, 11) is 0. The SMILES string of the molecule is C=CCCC(C)NCc1ccc(C)s1. The summed E-state index contributed by atoms with van der Waals surface area (Å²) in [6.45, 7) is 9.10. The smallest absolute Gasteiger partial charge is 0.0302 e. The Labute approximate surface area is 90.9 Å².